The minimum atomic E-state index is 0.0766. The molecule has 0 heterocycles. The lowest BCUT2D eigenvalue weighted by Crippen LogP contribution is -2.17. The monoisotopic (exact) mass is 282 g/mol. The molecule has 1 aromatic rings. The fraction of sp³-hybridized carbons (Fsp3) is 0.421. The molecular formula is C19H26N2. The molecule has 0 aliphatic heterocycles. The maximum absolute atomic E-state index is 7.78. The van der Waals surface area contributed by atoms with E-state index in [4.69, 9.17) is 5.41 Å². The summed E-state index contributed by atoms with van der Waals surface area (Å²) in [6.07, 6.45) is 6.93. The normalized spacial score (nSPS) is 15.1. The molecule has 0 saturated heterocycles. The number of nitrogens with zero attached hydrogens (tertiary/aromatic N) is 1. The smallest absolute Gasteiger partial charge is 0.0256 e. The van der Waals surface area contributed by atoms with Gasteiger partial charge in [0.05, 0.1) is 0 Å². The van der Waals surface area contributed by atoms with Crippen LogP contribution in [0.5, 0.6) is 0 Å². The molecule has 1 aromatic carbocycles. The Hall–Kier alpha value is -1.67. The van der Waals surface area contributed by atoms with E-state index in [1.165, 1.54) is 28.5 Å². The van der Waals surface area contributed by atoms with Gasteiger partial charge in [-0.1, -0.05) is 51.1 Å². The molecule has 0 saturated carbocycles. The van der Waals surface area contributed by atoms with Gasteiger partial charge < -0.3 is 10.3 Å². The molecule has 112 valence electrons. The van der Waals surface area contributed by atoms with E-state index in [-0.39, 0.29) is 5.41 Å². The Balaban J connectivity index is 2.65. The van der Waals surface area contributed by atoms with Gasteiger partial charge in [0, 0.05) is 12.8 Å². The van der Waals surface area contributed by atoms with Crippen molar-refractivity contribution < 1.29 is 0 Å². The molecule has 1 N–H and O–H groups in total. The van der Waals surface area contributed by atoms with Crippen LogP contribution in [0.3, 0.4) is 0 Å². The third kappa shape index (κ3) is 3.33. The van der Waals surface area contributed by atoms with E-state index in [9.17, 15) is 0 Å². The van der Waals surface area contributed by atoms with Gasteiger partial charge in [0.1, 0.15) is 0 Å². The first-order chi connectivity index (χ1) is 9.84. The fourth-order valence-corrected chi connectivity index (χ4v) is 2.95. The molecule has 0 aromatic heterocycles. The lowest BCUT2D eigenvalue weighted by Gasteiger charge is -2.26. The number of nitrogens with one attached hydrogen (secondary N) is 1. The predicted molar refractivity (Wildman–Crippen MR) is 92.3 cm³/mol. The minimum Gasteiger partial charge on any atom is -0.308 e. The van der Waals surface area contributed by atoms with Gasteiger partial charge in [0.15, 0.2) is 0 Å². The Morgan fingerprint density at radius 3 is 2.52 bits per heavy atom. The van der Waals surface area contributed by atoms with Gasteiger partial charge in [-0.3, -0.25) is 0 Å². The molecule has 2 heteroatoms. The van der Waals surface area contributed by atoms with Crippen LogP contribution in [0.2, 0.25) is 0 Å². The van der Waals surface area contributed by atoms with E-state index < -0.39 is 0 Å². The Morgan fingerprint density at radius 2 is 1.95 bits per heavy atom. The summed E-state index contributed by atoms with van der Waals surface area (Å²) < 4.78 is 0. The van der Waals surface area contributed by atoms with E-state index in [0.29, 0.717) is 0 Å². The zero-order valence-corrected chi connectivity index (χ0v) is 13.8. The third-order valence-corrected chi connectivity index (χ3v) is 3.88. The number of benzene rings is 1. The standard InChI is InChI=1S/C19H26N2/c1-19(2,3)17-11-7-8-14(12-20)18(17)16-10-6-9-15(16)13-21(4)5/h6-9,11-12,20H,10,13H2,1-5H3. The maximum Gasteiger partial charge on any atom is 0.0256 e. The molecule has 21 heavy (non-hydrogen) atoms. The van der Waals surface area contributed by atoms with Crippen molar-refractivity contribution in [3.8, 4) is 0 Å². The minimum absolute atomic E-state index is 0.0766. The Morgan fingerprint density at radius 1 is 1.24 bits per heavy atom. The second-order valence-corrected chi connectivity index (χ2v) is 7.01. The molecule has 0 atom stereocenters. The van der Waals surface area contributed by atoms with Crippen molar-refractivity contribution in [3.05, 3.63) is 52.6 Å². The zero-order chi connectivity index (χ0) is 15.6. The zero-order valence-electron chi connectivity index (χ0n) is 13.8. The SMILES string of the molecule is CN(C)CC1=C(c2c(C=N)cccc2C(C)(C)C)CC=C1. The summed E-state index contributed by atoms with van der Waals surface area (Å²) in [5.74, 6) is 0. The number of likely N-dealkylation sites (N-methyl/N-ethyl adjacent to an activating group) is 1. The summed E-state index contributed by atoms with van der Waals surface area (Å²) in [5, 5.41) is 7.78. The van der Waals surface area contributed by atoms with Gasteiger partial charge in [-0.25, -0.2) is 0 Å². The molecule has 0 unspecified atom stereocenters. The van der Waals surface area contributed by atoms with Crippen LogP contribution in [0.15, 0.2) is 35.9 Å². The third-order valence-electron chi connectivity index (χ3n) is 3.88. The van der Waals surface area contributed by atoms with E-state index >= 15 is 0 Å². The van der Waals surface area contributed by atoms with E-state index in [1.54, 1.807) is 0 Å². The summed E-state index contributed by atoms with van der Waals surface area (Å²) >= 11 is 0. The van der Waals surface area contributed by atoms with E-state index in [2.05, 4.69) is 70.1 Å². The second kappa shape index (κ2) is 5.98. The largest absolute Gasteiger partial charge is 0.308 e. The molecule has 0 bridgehead atoms. The Bertz CT molecular complexity index is 598. The average Bonchev–Trinajstić information content (AvgIpc) is 2.83. The summed E-state index contributed by atoms with van der Waals surface area (Å²) in [6, 6.07) is 6.33. The molecule has 0 spiro atoms. The van der Waals surface area contributed by atoms with Crippen molar-refractivity contribution in [2.45, 2.75) is 32.6 Å². The summed E-state index contributed by atoms with van der Waals surface area (Å²) in [7, 11) is 4.20. The first-order valence-corrected chi connectivity index (χ1v) is 7.52. The van der Waals surface area contributed by atoms with Crippen molar-refractivity contribution in [2.24, 2.45) is 0 Å². The first kappa shape index (κ1) is 15.7. The van der Waals surface area contributed by atoms with Gasteiger partial charge in [-0.05, 0) is 53.8 Å². The molecule has 1 aliphatic carbocycles. The number of allylic oxidation sites excluding steroid dienone is 2. The van der Waals surface area contributed by atoms with Crippen LogP contribution in [-0.4, -0.2) is 31.8 Å². The van der Waals surface area contributed by atoms with Crippen LogP contribution < -0.4 is 0 Å². The lowest BCUT2D eigenvalue weighted by atomic mass is 9.79. The van der Waals surface area contributed by atoms with Crippen molar-refractivity contribution in [1.29, 1.82) is 5.41 Å². The van der Waals surface area contributed by atoms with Crippen molar-refractivity contribution >= 4 is 11.8 Å². The molecule has 1 aliphatic rings. The molecule has 0 fully saturated rings. The van der Waals surface area contributed by atoms with Crippen LogP contribution >= 0.6 is 0 Å². The molecule has 2 nitrogen and oxygen atoms in total. The Kier molecular flexibility index (Phi) is 4.48. The average molecular weight is 282 g/mol. The highest BCUT2D eigenvalue weighted by atomic mass is 15.0. The Labute approximate surface area is 128 Å². The lowest BCUT2D eigenvalue weighted by molar-refractivity contribution is 0.449. The molecule has 0 amide bonds. The molecule has 2 rings (SSSR count). The first-order valence-electron chi connectivity index (χ1n) is 7.52. The number of rotatable bonds is 4. The molecular weight excluding hydrogens is 256 g/mol. The highest BCUT2D eigenvalue weighted by molar-refractivity contribution is 5.91. The highest BCUT2D eigenvalue weighted by Gasteiger charge is 2.24. The topological polar surface area (TPSA) is 27.1 Å². The fourth-order valence-electron chi connectivity index (χ4n) is 2.95. The van der Waals surface area contributed by atoms with Gasteiger partial charge in [-0.15, -0.1) is 0 Å². The van der Waals surface area contributed by atoms with Gasteiger partial charge in [0.25, 0.3) is 0 Å². The summed E-state index contributed by atoms with van der Waals surface area (Å²) in [6.45, 7) is 7.68. The highest BCUT2D eigenvalue weighted by Crippen LogP contribution is 2.37. The van der Waals surface area contributed by atoms with Gasteiger partial charge >= 0.3 is 0 Å². The van der Waals surface area contributed by atoms with Gasteiger partial charge in [-0.2, -0.15) is 0 Å². The van der Waals surface area contributed by atoms with Crippen LogP contribution in [0.25, 0.3) is 5.57 Å². The van der Waals surface area contributed by atoms with Crippen LogP contribution in [0, 0.1) is 5.41 Å². The van der Waals surface area contributed by atoms with Crippen LogP contribution in [0.4, 0.5) is 0 Å². The van der Waals surface area contributed by atoms with E-state index in [0.717, 1.165) is 18.5 Å². The number of hydrogen-bond acceptors (Lipinski definition) is 2. The quantitative estimate of drug-likeness (QED) is 0.821. The van der Waals surface area contributed by atoms with Crippen LogP contribution in [-0.2, 0) is 5.41 Å². The molecule has 0 radical (unpaired) electrons. The van der Waals surface area contributed by atoms with Crippen molar-refractivity contribution in [2.75, 3.05) is 20.6 Å². The van der Waals surface area contributed by atoms with Gasteiger partial charge in [0.2, 0.25) is 0 Å². The van der Waals surface area contributed by atoms with Crippen molar-refractivity contribution in [1.82, 2.24) is 4.90 Å². The van der Waals surface area contributed by atoms with Crippen molar-refractivity contribution in [3.63, 3.8) is 0 Å². The summed E-state index contributed by atoms with van der Waals surface area (Å²) in [5.41, 5.74) is 6.46. The maximum atomic E-state index is 7.78. The predicted octanol–water partition coefficient (Wildman–Crippen LogP) is 4.26. The van der Waals surface area contributed by atoms with E-state index in [1.807, 2.05) is 0 Å². The summed E-state index contributed by atoms with van der Waals surface area (Å²) in [4.78, 5) is 2.20. The number of hydrogen-bond donors (Lipinski definition) is 1. The van der Waals surface area contributed by atoms with Crippen LogP contribution in [0.1, 0.15) is 43.9 Å². The second-order valence-electron chi connectivity index (χ2n) is 7.01.